The van der Waals surface area contributed by atoms with Crippen molar-refractivity contribution in [2.24, 2.45) is 0 Å². The number of nitrogen functional groups attached to an aromatic ring is 1. The van der Waals surface area contributed by atoms with Gasteiger partial charge in [0.25, 0.3) is 0 Å². The predicted molar refractivity (Wildman–Crippen MR) is 140 cm³/mol. The maximum atomic E-state index is 14.6. The maximum absolute atomic E-state index is 14.6. The average Bonchev–Trinajstić information content (AvgIpc) is 3.18. The van der Waals surface area contributed by atoms with Gasteiger partial charge in [0, 0.05) is 25.3 Å². The van der Waals surface area contributed by atoms with Gasteiger partial charge in [-0.3, -0.25) is 9.55 Å². The maximum Gasteiger partial charge on any atom is 0.410 e. The molecule has 0 saturated carbocycles. The van der Waals surface area contributed by atoms with E-state index >= 15 is 0 Å². The van der Waals surface area contributed by atoms with Crippen LogP contribution in [0.4, 0.5) is 19.4 Å². The minimum atomic E-state index is -0.884. The van der Waals surface area contributed by atoms with Crippen molar-refractivity contribution in [2.75, 3.05) is 18.8 Å². The predicted octanol–water partition coefficient (Wildman–Crippen LogP) is 4.61. The Hall–Kier alpha value is -4.28. The Kier molecular flexibility index (Phi) is 6.49. The van der Waals surface area contributed by atoms with Crippen molar-refractivity contribution < 1.29 is 18.3 Å². The fourth-order valence-corrected chi connectivity index (χ4v) is 5.87. The number of aromatic amines is 1. The van der Waals surface area contributed by atoms with E-state index in [1.54, 1.807) is 33.9 Å². The number of pyridine rings is 2. The molecule has 4 heterocycles. The molecule has 1 fully saturated rings. The van der Waals surface area contributed by atoms with Gasteiger partial charge in [0.1, 0.15) is 11.9 Å². The van der Waals surface area contributed by atoms with Crippen LogP contribution in [-0.4, -0.2) is 43.6 Å². The van der Waals surface area contributed by atoms with E-state index in [0.717, 1.165) is 17.1 Å². The monoisotopic (exact) mass is 534 g/mol. The number of piperidine rings is 1. The van der Waals surface area contributed by atoms with E-state index in [2.05, 4.69) is 15.0 Å². The Labute approximate surface area is 222 Å². The molecule has 2 unspecified atom stereocenters. The Morgan fingerprint density at radius 3 is 2.69 bits per heavy atom. The van der Waals surface area contributed by atoms with Gasteiger partial charge in [-0.2, -0.15) is 0 Å². The van der Waals surface area contributed by atoms with Crippen LogP contribution in [0.2, 0.25) is 0 Å². The van der Waals surface area contributed by atoms with Gasteiger partial charge in [-0.15, -0.1) is 0 Å². The highest BCUT2D eigenvalue weighted by Gasteiger charge is 2.33. The number of carbonyl (C=O) groups is 1. The van der Waals surface area contributed by atoms with Gasteiger partial charge in [-0.05, 0) is 73.4 Å². The molecule has 39 heavy (non-hydrogen) atoms. The van der Waals surface area contributed by atoms with Crippen LogP contribution in [-0.2, 0) is 11.2 Å². The summed E-state index contributed by atoms with van der Waals surface area (Å²) in [5.74, 6) is -1.74. The van der Waals surface area contributed by atoms with Crippen molar-refractivity contribution in [3.63, 3.8) is 0 Å². The number of anilines is 1. The number of likely N-dealkylation sites (tertiary alicyclic amines) is 1. The lowest BCUT2D eigenvalue weighted by Gasteiger charge is -2.33. The number of hydrogen-bond donors (Lipinski definition) is 2. The first-order chi connectivity index (χ1) is 18.9. The van der Waals surface area contributed by atoms with Gasteiger partial charge in [0.15, 0.2) is 17.3 Å². The molecule has 2 aliphatic rings. The molecule has 1 aliphatic heterocycles. The summed E-state index contributed by atoms with van der Waals surface area (Å²) in [5.41, 5.74) is 8.68. The van der Waals surface area contributed by atoms with Crippen LogP contribution >= 0.6 is 0 Å². The molecule has 1 aromatic carbocycles. The third-order valence-corrected chi connectivity index (χ3v) is 7.82. The van der Waals surface area contributed by atoms with Crippen LogP contribution in [0, 0.1) is 11.6 Å². The number of H-pyrrole nitrogens is 1. The number of rotatable bonds is 3. The molecule has 11 heteroatoms. The molecule has 1 amide bonds. The first-order valence-corrected chi connectivity index (χ1v) is 13.1. The smallest absolute Gasteiger partial charge is 0.410 e. The highest BCUT2D eigenvalue weighted by atomic mass is 19.2. The number of imidazole rings is 1. The summed E-state index contributed by atoms with van der Waals surface area (Å²) in [7, 11) is 0. The van der Waals surface area contributed by atoms with Crippen LogP contribution < -0.4 is 11.4 Å². The summed E-state index contributed by atoms with van der Waals surface area (Å²) in [6.07, 6.45) is 2.96. The summed E-state index contributed by atoms with van der Waals surface area (Å²) in [6.45, 7) is 0.841. The van der Waals surface area contributed by atoms with Crippen LogP contribution in [0.15, 0.2) is 53.5 Å². The lowest BCUT2D eigenvalue weighted by molar-refractivity contribution is 0.0473. The summed E-state index contributed by atoms with van der Waals surface area (Å²) in [4.78, 5) is 38.9. The molecule has 202 valence electrons. The molecule has 0 bridgehead atoms. The van der Waals surface area contributed by atoms with Gasteiger partial charge >= 0.3 is 11.8 Å². The molecular weight excluding hydrogens is 506 g/mol. The number of nitrogens with zero attached hydrogens (tertiary/aromatic N) is 4. The molecule has 1 saturated heterocycles. The minimum Gasteiger partial charge on any atom is -0.440 e. The van der Waals surface area contributed by atoms with Crippen molar-refractivity contribution in [2.45, 2.75) is 50.2 Å². The molecule has 1 aliphatic carbocycles. The summed E-state index contributed by atoms with van der Waals surface area (Å²) in [5, 5.41) is 0. The van der Waals surface area contributed by atoms with Crippen molar-refractivity contribution >= 4 is 23.1 Å². The van der Waals surface area contributed by atoms with E-state index in [1.807, 2.05) is 12.1 Å². The van der Waals surface area contributed by atoms with Crippen LogP contribution in [0.3, 0.4) is 0 Å². The molecule has 2 atom stereocenters. The molecular formula is C28H28F2N6O3. The largest absolute Gasteiger partial charge is 0.440 e. The van der Waals surface area contributed by atoms with Crippen LogP contribution in [0.25, 0.3) is 11.2 Å². The fraction of sp³-hybridized carbons (Fsp3) is 0.357. The standard InChI is InChI=1S/C28H28F2N6O3/c29-20-4-1-3-19(24(20)30)16-6-8-22(25-17(15-16)7-9-23(31)33-25)39-28(38)35-13-10-18(11-14-35)36-21-5-2-12-32-26(21)34-27(36)37/h1-5,7,9,12,16,18,22H,6,8,10-11,13-15H2,(H2,31,33)(H,32,34,37). The zero-order chi connectivity index (χ0) is 27.1. The zero-order valence-corrected chi connectivity index (χ0v) is 21.1. The average molecular weight is 535 g/mol. The van der Waals surface area contributed by atoms with Gasteiger partial charge in [-0.25, -0.2) is 28.3 Å². The second-order valence-electron chi connectivity index (χ2n) is 10.2. The third-order valence-electron chi connectivity index (χ3n) is 7.82. The van der Waals surface area contributed by atoms with E-state index < -0.39 is 23.8 Å². The normalized spacial score (nSPS) is 20.0. The SMILES string of the molecule is Nc1ccc2c(n1)C(OC(=O)N1CCC(n3c(=O)[nH]c4ncccc43)CC1)CCC(c1cccc(F)c1F)C2. The number of fused-ring (bicyclic) bond motifs is 2. The zero-order valence-electron chi connectivity index (χ0n) is 21.1. The molecule has 3 N–H and O–H groups in total. The Balaban J connectivity index is 1.17. The van der Waals surface area contributed by atoms with Crippen LogP contribution in [0.5, 0.6) is 0 Å². The topological polar surface area (TPSA) is 119 Å². The van der Waals surface area contributed by atoms with Crippen molar-refractivity contribution in [1.82, 2.24) is 24.4 Å². The highest BCUT2D eigenvalue weighted by molar-refractivity contribution is 5.70. The quantitative estimate of drug-likeness (QED) is 0.371. The number of nitrogens with one attached hydrogen (secondary N) is 1. The number of hydrogen-bond acceptors (Lipinski definition) is 6. The highest BCUT2D eigenvalue weighted by Crippen LogP contribution is 2.39. The molecule has 9 nitrogen and oxygen atoms in total. The Morgan fingerprint density at radius 1 is 1.05 bits per heavy atom. The lowest BCUT2D eigenvalue weighted by Crippen LogP contribution is -2.41. The summed E-state index contributed by atoms with van der Waals surface area (Å²) >= 11 is 0. The van der Waals surface area contributed by atoms with Gasteiger partial charge in [-0.1, -0.05) is 18.2 Å². The van der Waals surface area contributed by atoms with Crippen LogP contribution in [0.1, 0.15) is 60.6 Å². The van der Waals surface area contributed by atoms with Crippen molar-refractivity contribution in [3.05, 3.63) is 87.6 Å². The minimum absolute atomic E-state index is 0.0681. The van der Waals surface area contributed by atoms with Gasteiger partial charge < -0.3 is 15.4 Å². The first kappa shape index (κ1) is 25.0. The third kappa shape index (κ3) is 4.73. The Bertz CT molecular complexity index is 1590. The molecule has 3 aromatic heterocycles. The van der Waals surface area contributed by atoms with E-state index in [0.29, 0.717) is 67.9 Å². The van der Waals surface area contributed by atoms with E-state index in [-0.39, 0.29) is 17.6 Å². The van der Waals surface area contributed by atoms with Gasteiger partial charge in [0.05, 0.1) is 11.2 Å². The van der Waals surface area contributed by atoms with Crippen molar-refractivity contribution in [1.29, 1.82) is 0 Å². The second kappa shape index (κ2) is 10.1. The number of benzene rings is 1. The van der Waals surface area contributed by atoms with Crippen molar-refractivity contribution in [3.8, 4) is 0 Å². The number of nitrogens with two attached hydrogens (primary N) is 1. The molecule has 0 spiro atoms. The lowest BCUT2D eigenvalue weighted by atomic mass is 9.90. The number of halogens is 2. The summed E-state index contributed by atoms with van der Waals surface area (Å²) in [6, 6.07) is 11.3. The number of ether oxygens (including phenoxy) is 1. The second-order valence-corrected chi connectivity index (χ2v) is 10.2. The number of aromatic nitrogens is 4. The van der Waals surface area contributed by atoms with E-state index in [1.165, 1.54) is 6.07 Å². The molecule has 4 aromatic rings. The van der Waals surface area contributed by atoms with Gasteiger partial charge in [0.2, 0.25) is 0 Å². The molecule has 0 radical (unpaired) electrons. The fourth-order valence-electron chi connectivity index (χ4n) is 5.87. The Morgan fingerprint density at radius 2 is 1.87 bits per heavy atom. The van der Waals surface area contributed by atoms with E-state index in [9.17, 15) is 18.4 Å². The number of amides is 1. The first-order valence-electron chi connectivity index (χ1n) is 13.1. The van der Waals surface area contributed by atoms with E-state index in [4.69, 9.17) is 10.5 Å². The molecule has 6 rings (SSSR count). The summed E-state index contributed by atoms with van der Waals surface area (Å²) < 4.78 is 36.3. The number of carbonyl (C=O) groups excluding carboxylic acids is 1.